The van der Waals surface area contributed by atoms with E-state index in [0.29, 0.717) is 6.54 Å². The Morgan fingerprint density at radius 2 is 2.00 bits per heavy atom. The number of carbonyl (C=O) groups excluding carboxylic acids is 1. The van der Waals surface area contributed by atoms with Crippen LogP contribution in [-0.4, -0.2) is 43.6 Å². The van der Waals surface area contributed by atoms with Crippen LogP contribution in [0.2, 0.25) is 0 Å². The maximum Gasteiger partial charge on any atom is 0.224 e. The van der Waals surface area contributed by atoms with Gasteiger partial charge in [0.15, 0.2) is 0 Å². The molecule has 5 nitrogen and oxygen atoms in total. The van der Waals surface area contributed by atoms with Crippen LogP contribution in [0.1, 0.15) is 24.8 Å². The fourth-order valence-electron chi connectivity index (χ4n) is 4.24. The van der Waals surface area contributed by atoms with Gasteiger partial charge < -0.3 is 15.1 Å². The molecule has 1 aromatic carbocycles. The molecular formula is C22H28N4O. The lowest BCUT2D eigenvalue weighted by Crippen LogP contribution is -2.45. The minimum Gasteiger partial charge on any atom is -0.370 e. The first-order valence-electron chi connectivity index (χ1n) is 10.1. The number of rotatable bonds is 5. The minimum absolute atomic E-state index is 0.0504. The Labute approximate surface area is 161 Å². The SMILES string of the molecule is O=C(NCCN1CCCc2ccccc21)[C@H]1CCCN(c2ccccn2)C1. The Morgan fingerprint density at radius 3 is 2.89 bits per heavy atom. The van der Waals surface area contributed by atoms with Gasteiger partial charge in [0, 0.05) is 44.6 Å². The molecule has 1 N–H and O–H groups in total. The molecule has 0 spiro atoms. The molecule has 27 heavy (non-hydrogen) atoms. The summed E-state index contributed by atoms with van der Waals surface area (Å²) in [7, 11) is 0. The largest absolute Gasteiger partial charge is 0.370 e. The molecule has 3 heterocycles. The number of nitrogens with one attached hydrogen (secondary N) is 1. The fraction of sp³-hybridized carbons (Fsp3) is 0.455. The molecule has 0 radical (unpaired) electrons. The van der Waals surface area contributed by atoms with Gasteiger partial charge in [-0.05, 0) is 49.4 Å². The van der Waals surface area contributed by atoms with Crippen molar-refractivity contribution in [1.82, 2.24) is 10.3 Å². The first-order valence-corrected chi connectivity index (χ1v) is 10.1. The molecule has 1 fully saturated rings. The molecule has 4 rings (SSSR count). The summed E-state index contributed by atoms with van der Waals surface area (Å²) in [5.74, 6) is 1.20. The second kappa shape index (κ2) is 8.42. The second-order valence-corrected chi connectivity index (χ2v) is 7.48. The summed E-state index contributed by atoms with van der Waals surface area (Å²) in [6, 6.07) is 14.6. The zero-order valence-corrected chi connectivity index (χ0v) is 15.8. The predicted octanol–water partition coefficient (Wildman–Crippen LogP) is 2.87. The van der Waals surface area contributed by atoms with Gasteiger partial charge in [-0.3, -0.25) is 4.79 Å². The number of aryl methyl sites for hydroxylation is 1. The summed E-state index contributed by atoms with van der Waals surface area (Å²) in [6.07, 6.45) is 6.16. The molecule has 0 bridgehead atoms. The van der Waals surface area contributed by atoms with Gasteiger partial charge in [-0.15, -0.1) is 0 Å². The van der Waals surface area contributed by atoms with Crippen LogP contribution in [0.5, 0.6) is 0 Å². The van der Waals surface area contributed by atoms with Crippen molar-refractivity contribution in [3.8, 4) is 0 Å². The highest BCUT2D eigenvalue weighted by atomic mass is 16.1. The lowest BCUT2D eigenvalue weighted by molar-refractivity contribution is -0.125. The molecule has 2 aromatic rings. The summed E-state index contributed by atoms with van der Waals surface area (Å²) in [5.41, 5.74) is 2.75. The van der Waals surface area contributed by atoms with Gasteiger partial charge in [-0.2, -0.15) is 0 Å². The van der Waals surface area contributed by atoms with Crippen molar-refractivity contribution < 1.29 is 4.79 Å². The summed E-state index contributed by atoms with van der Waals surface area (Å²) in [4.78, 5) is 21.7. The molecule has 0 unspecified atom stereocenters. The van der Waals surface area contributed by atoms with E-state index in [1.807, 2.05) is 24.4 Å². The average Bonchev–Trinajstić information content (AvgIpc) is 2.74. The van der Waals surface area contributed by atoms with E-state index < -0.39 is 0 Å². The number of piperidine rings is 1. The maximum atomic E-state index is 12.7. The van der Waals surface area contributed by atoms with E-state index in [1.54, 1.807) is 0 Å². The van der Waals surface area contributed by atoms with E-state index >= 15 is 0 Å². The zero-order valence-electron chi connectivity index (χ0n) is 15.8. The molecule has 1 amide bonds. The first kappa shape index (κ1) is 17.8. The quantitative estimate of drug-likeness (QED) is 0.886. The summed E-state index contributed by atoms with van der Waals surface area (Å²) < 4.78 is 0. The third kappa shape index (κ3) is 4.24. The highest BCUT2D eigenvalue weighted by Crippen LogP contribution is 2.26. The number of para-hydroxylation sites is 1. The lowest BCUT2D eigenvalue weighted by Gasteiger charge is -2.33. The number of benzene rings is 1. The van der Waals surface area contributed by atoms with Gasteiger partial charge in [-0.1, -0.05) is 24.3 Å². The number of carbonyl (C=O) groups is 1. The lowest BCUT2D eigenvalue weighted by atomic mass is 9.97. The van der Waals surface area contributed by atoms with Crippen LogP contribution >= 0.6 is 0 Å². The number of hydrogen-bond acceptors (Lipinski definition) is 4. The van der Waals surface area contributed by atoms with Crippen molar-refractivity contribution in [3.05, 3.63) is 54.2 Å². The Hall–Kier alpha value is -2.56. The fourth-order valence-corrected chi connectivity index (χ4v) is 4.24. The third-order valence-corrected chi connectivity index (χ3v) is 5.65. The predicted molar refractivity (Wildman–Crippen MR) is 109 cm³/mol. The van der Waals surface area contributed by atoms with Gasteiger partial charge in [0.1, 0.15) is 5.82 Å². The molecule has 2 aliphatic heterocycles. The van der Waals surface area contributed by atoms with E-state index in [9.17, 15) is 4.79 Å². The Morgan fingerprint density at radius 1 is 1.11 bits per heavy atom. The van der Waals surface area contributed by atoms with E-state index in [2.05, 4.69) is 44.4 Å². The summed E-state index contributed by atoms with van der Waals surface area (Å²) in [6.45, 7) is 4.39. The Balaban J connectivity index is 1.29. The van der Waals surface area contributed by atoms with Crippen molar-refractivity contribution in [1.29, 1.82) is 0 Å². The molecule has 5 heteroatoms. The minimum atomic E-state index is 0.0504. The van der Waals surface area contributed by atoms with Gasteiger partial charge in [-0.25, -0.2) is 4.98 Å². The number of nitrogens with zero attached hydrogens (tertiary/aromatic N) is 3. The Bertz CT molecular complexity index is 764. The molecule has 0 aliphatic carbocycles. The maximum absolute atomic E-state index is 12.7. The number of hydrogen-bond donors (Lipinski definition) is 1. The van der Waals surface area contributed by atoms with Crippen molar-refractivity contribution in [2.24, 2.45) is 5.92 Å². The van der Waals surface area contributed by atoms with Crippen LogP contribution in [0.4, 0.5) is 11.5 Å². The molecule has 2 aliphatic rings. The van der Waals surface area contributed by atoms with Crippen molar-refractivity contribution >= 4 is 17.4 Å². The standard InChI is InChI=1S/C22H28N4O/c27-22(19-9-6-15-26(17-19)21-11-3-4-12-23-21)24-13-16-25-14-5-8-18-7-1-2-10-20(18)25/h1-4,7,10-12,19H,5-6,8-9,13-17H2,(H,24,27)/t19-/m0/s1. The van der Waals surface area contributed by atoms with Crippen LogP contribution in [0.25, 0.3) is 0 Å². The van der Waals surface area contributed by atoms with Gasteiger partial charge in [0.05, 0.1) is 5.92 Å². The molecular weight excluding hydrogens is 336 g/mol. The topological polar surface area (TPSA) is 48.5 Å². The van der Waals surface area contributed by atoms with E-state index in [1.165, 1.54) is 17.7 Å². The number of fused-ring (bicyclic) bond motifs is 1. The summed E-state index contributed by atoms with van der Waals surface area (Å²) in [5, 5.41) is 3.17. The van der Waals surface area contributed by atoms with E-state index in [-0.39, 0.29) is 11.8 Å². The van der Waals surface area contributed by atoms with Crippen LogP contribution < -0.4 is 15.1 Å². The highest BCUT2D eigenvalue weighted by molar-refractivity contribution is 5.79. The molecule has 142 valence electrons. The number of aromatic nitrogens is 1. The van der Waals surface area contributed by atoms with Crippen LogP contribution in [-0.2, 0) is 11.2 Å². The normalized spacial score (nSPS) is 19.5. The number of amides is 1. The molecule has 1 atom stereocenters. The number of pyridine rings is 1. The van der Waals surface area contributed by atoms with Crippen molar-refractivity contribution in [2.75, 3.05) is 42.5 Å². The van der Waals surface area contributed by atoms with Crippen molar-refractivity contribution in [2.45, 2.75) is 25.7 Å². The zero-order chi connectivity index (χ0) is 18.5. The monoisotopic (exact) mass is 364 g/mol. The third-order valence-electron chi connectivity index (χ3n) is 5.65. The van der Waals surface area contributed by atoms with E-state index in [0.717, 1.165) is 51.3 Å². The average molecular weight is 364 g/mol. The molecule has 0 saturated carbocycles. The van der Waals surface area contributed by atoms with Crippen molar-refractivity contribution in [3.63, 3.8) is 0 Å². The molecule has 1 saturated heterocycles. The van der Waals surface area contributed by atoms with Gasteiger partial charge in [0.2, 0.25) is 5.91 Å². The van der Waals surface area contributed by atoms with Crippen LogP contribution in [0.15, 0.2) is 48.7 Å². The molecule has 1 aromatic heterocycles. The van der Waals surface area contributed by atoms with E-state index in [4.69, 9.17) is 0 Å². The summed E-state index contributed by atoms with van der Waals surface area (Å²) >= 11 is 0. The Kier molecular flexibility index (Phi) is 5.56. The van der Waals surface area contributed by atoms with Crippen LogP contribution in [0.3, 0.4) is 0 Å². The smallest absolute Gasteiger partial charge is 0.224 e. The second-order valence-electron chi connectivity index (χ2n) is 7.48. The highest BCUT2D eigenvalue weighted by Gasteiger charge is 2.26. The first-order chi connectivity index (χ1) is 13.3. The van der Waals surface area contributed by atoms with Gasteiger partial charge >= 0.3 is 0 Å². The van der Waals surface area contributed by atoms with Crippen LogP contribution in [0, 0.1) is 5.92 Å². The van der Waals surface area contributed by atoms with Gasteiger partial charge in [0.25, 0.3) is 0 Å². The number of anilines is 2.